The Morgan fingerprint density at radius 2 is 1.22 bits per heavy atom. The molecule has 0 rings (SSSR count). The zero-order valence-corrected chi connectivity index (χ0v) is 10.1. The van der Waals surface area contributed by atoms with Crippen LogP contribution in [-0.2, 0) is 4.74 Å². The van der Waals surface area contributed by atoms with Gasteiger partial charge in [-0.2, -0.15) is 0 Å². The van der Waals surface area contributed by atoms with E-state index in [9.17, 15) is 10.2 Å². The first-order chi connectivity index (χ1) is 3.41. The molecule has 0 aromatic rings. The number of hydrogen-bond acceptors (Lipinski definition) is 3. The van der Waals surface area contributed by atoms with Gasteiger partial charge in [-0.25, -0.2) is 0 Å². The average molecular weight is 150 g/mol. The van der Waals surface area contributed by atoms with Crippen LogP contribution in [0.5, 0.6) is 0 Å². The predicted molar refractivity (Wildman–Crippen MR) is 20.6 cm³/mol. The second kappa shape index (κ2) is 16.5. The van der Waals surface area contributed by atoms with Gasteiger partial charge in [-0.05, 0) is 0 Å². The summed E-state index contributed by atoms with van der Waals surface area (Å²) in [5.74, 6) is 0. The Labute approximate surface area is 99.4 Å². The fourth-order valence-corrected chi connectivity index (χ4v) is 0.220. The Morgan fingerprint density at radius 3 is 1.44 bits per heavy atom. The van der Waals surface area contributed by atoms with Crippen molar-refractivity contribution in [2.45, 2.75) is 0 Å². The third kappa shape index (κ3) is 17.7. The largest absolute Gasteiger partial charge is 1.00 e. The Kier molecular flexibility index (Phi) is 31.3. The Morgan fingerprint density at radius 1 is 0.889 bits per heavy atom. The van der Waals surface area contributed by atoms with Crippen molar-refractivity contribution < 1.29 is 74.1 Å². The van der Waals surface area contributed by atoms with Gasteiger partial charge in [-0.15, -0.1) is 13.2 Å². The minimum absolute atomic E-state index is 0. The van der Waals surface area contributed by atoms with Crippen molar-refractivity contribution in [2.24, 2.45) is 0 Å². The molecule has 0 radical (unpaired) electrons. The monoisotopic (exact) mass is 150 g/mol. The molecule has 0 spiro atoms. The van der Waals surface area contributed by atoms with E-state index in [2.05, 4.69) is 4.74 Å². The summed E-state index contributed by atoms with van der Waals surface area (Å²) in [6.45, 7) is -0.162. The van der Waals surface area contributed by atoms with Gasteiger partial charge in [0.15, 0.2) is 0 Å². The van der Waals surface area contributed by atoms with E-state index < -0.39 is 0 Å². The van der Waals surface area contributed by atoms with Gasteiger partial charge in [0.2, 0.25) is 0 Å². The summed E-state index contributed by atoms with van der Waals surface area (Å²) < 4.78 is 4.51. The van der Waals surface area contributed by atoms with Crippen LogP contribution in [0.2, 0.25) is 0 Å². The van der Waals surface area contributed by atoms with Crippen molar-refractivity contribution in [3.05, 3.63) is 0 Å². The summed E-state index contributed by atoms with van der Waals surface area (Å²) in [6.07, 6.45) is 0. The van der Waals surface area contributed by atoms with Crippen LogP contribution < -0.4 is 69.3 Å². The van der Waals surface area contributed by atoms with Crippen LogP contribution in [0, 0.1) is 0 Å². The van der Waals surface area contributed by atoms with Gasteiger partial charge >= 0.3 is 59.1 Å². The van der Waals surface area contributed by atoms with Crippen LogP contribution in [0.15, 0.2) is 0 Å². The Bertz CT molecular complexity index is 33.0. The Balaban J connectivity index is -0.000000180. The molecule has 0 saturated carbocycles. The number of ether oxygens (including phenoxy) is 1. The molecule has 0 aliphatic carbocycles. The van der Waals surface area contributed by atoms with Crippen LogP contribution in [0.1, 0.15) is 0 Å². The van der Waals surface area contributed by atoms with Gasteiger partial charge in [0.05, 0.1) is 0 Å². The maximum atomic E-state index is 9.58. The predicted octanol–water partition coefficient (Wildman–Crippen LogP) is -8.27. The van der Waals surface area contributed by atoms with Crippen molar-refractivity contribution in [1.29, 1.82) is 0 Å². The summed E-state index contributed by atoms with van der Waals surface area (Å²) in [6, 6.07) is 0. The van der Waals surface area contributed by atoms with Crippen molar-refractivity contribution in [1.82, 2.24) is 0 Å². The standard InChI is InChI=1S/C4H8O3.2Na/c5-1-3-7-4-2-6;;/h1-4H2;;/q-2;2*+1. The van der Waals surface area contributed by atoms with E-state index in [1.165, 1.54) is 0 Å². The summed E-state index contributed by atoms with van der Waals surface area (Å²) in [7, 11) is 0. The molecule has 3 nitrogen and oxygen atoms in total. The second-order valence-corrected chi connectivity index (χ2v) is 1.02. The quantitative estimate of drug-likeness (QED) is 0.295. The van der Waals surface area contributed by atoms with Crippen molar-refractivity contribution in [2.75, 3.05) is 26.4 Å². The van der Waals surface area contributed by atoms with Gasteiger partial charge in [0, 0.05) is 13.2 Å². The molecule has 0 saturated heterocycles. The van der Waals surface area contributed by atoms with E-state index in [4.69, 9.17) is 0 Å². The molecule has 9 heavy (non-hydrogen) atoms. The molecule has 0 aliphatic heterocycles. The molecule has 0 aromatic carbocycles. The third-order valence-corrected chi connectivity index (χ3v) is 0.455. The molecule has 0 aliphatic rings. The molecule has 0 N–H and O–H groups in total. The van der Waals surface area contributed by atoms with Crippen molar-refractivity contribution >= 4 is 0 Å². The van der Waals surface area contributed by atoms with Crippen LogP contribution >= 0.6 is 0 Å². The molecule has 0 amide bonds. The summed E-state index contributed by atoms with van der Waals surface area (Å²) in [5.41, 5.74) is 0. The summed E-state index contributed by atoms with van der Waals surface area (Å²) in [4.78, 5) is 0. The molecule has 44 valence electrons. The summed E-state index contributed by atoms with van der Waals surface area (Å²) >= 11 is 0. The molecule has 0 atom stereocenters. The fraction of sp³-hybridized carbons (Fsp3) is 1.00. The maximum absolute atomic E-state index is 9.58. The second-order valence-electron chi connectivity index (χ2n) is 1.02. The van der Waals surface area contributed by atoms with Gasteiger partial charge in [0.1, 0.15) is 0 Å². The van der Waals surface area contributed by atoms with Crippen LogP contribution in [-0.4, -0.2) is 26.4 Å². The SMILES string of the molecule is [Na+].[Na+].[O-]CCOCC[O-]. The van der Waals surface area contributed by atoms with Gasteiger partial charge in [-0.1, -0.05) is 0 Å². The molecule has 0 aromatic heterocycles. The number of hydrogen-bond donors (Lipinski definition) is 0. The zero-order valence-electron chi connectivity index (χ0n) is 6.05. The van der Waals surface area contributed by atoms with E-state index in [1.54, 1.807) is 0 Å². The van der Waals surface area contributed by atoms with E-state index in [0.717, 1.165) is 0 Å². The summed E-state index contributed by atoms with van der Waals surface area (Å²) in [5, 5.41) is 19.2. The first kappa shape index (κ1) is 17.1. The van der Waals surface area contributed by atoms with Gasteiger partial charge in [-0.3, -0.25) is 0 Å². The first-order valence-electron chi connectivity index (χ1n) is 2.15. The first-order valence-corrected chi connectivity index (χ1v) is 2.15. The third-order valence-electron chi connectivity index (χ3n) is 0.455. The van der Waals surface area contributed by atoms with E-state index in [-0.39, 0.29) is 85.5 Å². The van der Waals surface area contributed by atoms with E-state index in [0.29, 0.717) is 0 Å². The molecule has 0 heterocycles. The van der Waals surface area contributed by atoms with Crippen molar-refractivity contribution in [3.63, 3.8) is 0 Å². The molecular formula is C4H8Na2O3. The van der Waals surface area contributed by atoms with Gasteiger partial charge in [0.25, 0.3) is 0 Å². The molecular weight excluding hydrogens is 142 g/mol. The van der Waals surface area contributed by atoms with E-state index >= 15 is 0 Å². The topological polar surface area (TPSA) is 55.3 Å². The number of rotatable bonds is 4. The normalized spacial score (nSPS) is 7.33. The molecule has 5 heteroatoms. The minimum Gasteiger partial charge on any atom is -0.853 e. The molecule has 0 unspecified atom stereocenters. The van der Waals surface area contributed by atoms with Crippen LogP contribution in [0.3, 0.4) is 0 Å². The van der Waals surface area contributed by atoms with Gasteiger partial charge < -0.3 is 14.9 Å². The maximum Gasteiger partial charge on any atom is 1.00 e. The van der Waals surface area contributed by atoms with E-state index in [1.807, 2.05) is 0 Å². The van der Waals surface area contributed by atoms with Crippen molar-refractivity contribution in [3.8, 4) is 0 Å². The van der Waals surface area contributed by atoms with Crippen LogP contribution in [0.25, 0.3) is 0 Å². The molecule has 0 bridgehead atoms. The fourth-order valence-electron chi connectivity index (χ4n) is 0.220. The average Bonchev–Trinajstić information content (AvgIpc) is 1.69. The molecule has 0 fully saturated rings. The minimum atomic E-state index is -0.250. The Hall–Kier alpha value is 1.88. The van der Waals surface area contributed by atoms with Crippen LogP contribution in [0.4, 0.5) is 0 Å². The zero-order chi connectivity index (χ0) is 5.54. The smallest absolute Gasteiger partial charge is 0.853 e.